The summed E-state index contributed by atoms with van der Waals surface area (Å²) in [4.78, 5) is 39.5. The molecule has 2 amide bonds. The monoisotopic (exact) mass is 602 g/mol. The van der Waals surface area contributed by atoms with Gasteiger partial charge in [-0.25, -0.2) is 14.4 Å². The number of nitrogens with one attached hydrogen (secondary N) is 1. The Labute approximate surface area is 261 Å². The highest BCUT2D eigenvalue weighted by Crippen LogP contribution is 2.29. The second kappa shape index (κ2) is 14.8. The van der Waals surface area contributed by atoms with Gasteiger partial charge >= 0.3 is 18.0 Å². The third kappa shape index (κ3) is 8.34. The van der Waals surface area contributed by atoms with Gasteiger partial charge in [0.25, 0.3) is 0 Å². The number of rotatable bonds is 12. The largest absolute Gasteiger partial charge is 0.480 e. The van der Waals surface area contributed by atoms with Crippen LogP contribution in [0.3, 0.4) is 0 Å². The Morgan fingerprint density at radius 2 is 1.33 bits per heavy atom. The quantitative estimate of drug-likeness (QED) is 0.155. The van der Waals surface area contributed by atoms with Gasteiger partial charge in [-0.3, -0.25) is 0 Å². The summed E-state index contributed by atoms with van der Waals surface area (Å²) >= 11 is 0. The number of urea groups is 1. The molecule has 5 rings (SSSR count). The Kier molecular flexibility index (Phi) is 10.2. The van der Waals surface area contributed by atoms with E-state index in [0.717, 1.165) is 38.6 Å². The fraction of sp³-hybridized carbons (Fsp3) is 0.162. The van der Waals surface area contributed by atoms with Gasteiger partial charge in [0.2, 0.25) is 0 Å². The van der Waals surface area contributed by atoms with E-state index in [2.05, 4.69) is 23.5 Å². The van der Waals surface area contributed by atoms with Crippen molar-refractivity contribution in [2.24, 2.45) is 0 Å². The highest BCUT2D eigenvalue weighted by atomic mass is 16.5. The maximum absolute atomic E-state index is 13.4. The Hall–Kier alpha value is -5.47. The molecule has 5 aromatic rings. The first-order valence-corrected chi connectivity index (χ1v) is 14.7. The van der Waals surface area contributed by atoms with Gasteiger partial charge in [-0.05, 0) is 38.6 Å². The van der Waals surface area contributed by atoms with Crippen molar-refractivity contribution >= 4 is 28.7 Å². The number of benzene rings is 5. The number of aliphatic hydroxyl groups excluding tert-OH is 1. The van der Waals surface area contributed by atoms with Crippen LogP contribution in [0.1, 0.15) is 16.7 Å². The zero-order chi connectivity index (χ0) is 31.6. The second-order valence-corrected chi connectivity index (χ2v) is 10.7. The molecule has 0 fully saturated rings. The van der Waals surface area contributed by atoms with Crippen molar-refractivity contribution < 1.29 is 29.3 Å². The fourth-order valence-electron chi connectivity index (χ4n) is 5.10. The lowest BCUT2D eigenvalue weighted by molar-refractivity contribution is -0.155. The average molecular weight is 603 g/mol. The number of esters is 1. The predicted octanol–water partition coefficient (Wildman–Crippen LogP) is 5.82. The lowest BCUT2D eigenvalue weighted by atomic mass is 9.96. The molecule has 0 aliphatic rings. The van der Waals surface area contributed by atoms with Crippen molar-refractivity contribution in [3.8, 4) is 11.1 Å². The van der Waals surface area contributed by atoms with E-state index in [1.54, 1.807) is 36.4 Å². The number of aliphatic carboxylic acids is 1. The van der Waals surface area contributed by atoms with E-state index < -0.39 is 30.1 Å². The molecule has 0 aromatic heterocycles. The molecule has 0 saturated heterocycles. The normalized spacial score (nSPS) is 12.2. The van der Waals surface area contributed by atoms with Crippen molar-refractivity contribution in [1.29, 1.82) is 0 Å². The van der Waals surface area contributed by atoms with Gasteiger partial charge < -0.3 is 25.2 Å². The summed E-state index contributed by atoms with van der Waals surface area (Å²) in [6.07, 6.45) is -1.59. The van der Waals surface area contributed by atoms with Crippen LogP contribution in [0, 0.1) is 0 Å². The number of hydrogen-bond acceptors (Lipinski definition) is 5. The maximum atomic E-state index is 13.4. The first kappa shape index (κ1) is 31.0. The third-order valence-electron chi connectivity index (χ3n) is 7.48. The van der Waals surface area contributed by atoms with Gasteiger partial charge in [0.1, 0.15) is 12.6 Å². The SMILES string of the molecule is O=C(OCc1ccccc1)C(O)CN(Cc1ccccc1)C(=O)N[C@@H](Cc1ccc(-c2cccc3ccccc23)cc1)C(=O)O. The number of amides is 2. The molecular weight excluding hydrogens is 568 g/mol. The molecule has 0 aliphatic heterocycles. The van der Waals surface area contributed by atoms with Gasteiger partial charge in [0, 0.05) is 13.0 Å². The van der Waals surface area contributed by atoms with Crippen LogP contribution in [-0.4, -0.2) is 51.8 Å². The molecule has 0 saturated carbocycles. The molecule has 8 nitrogen and oxygen atoms in total. The summed E-state index contributed by atoms with van der Waals surface area (Å²) < 4.78 is 5.24. The highest BCUT2D eigenvalue weighted by Gasteiger charge is 2.28. The van der Waals surface area contributed by atoms with E-state index in [1.807, 2.05) is 72.8 Å². The summed E-state index contributed by atoms with van der Waals surface area (Å²) in [5.41, 5.74) is 4.29. The molecule has 0 heterocycles. The van der Waals surface area contributed by atoms with Crippen LogP contribution in [0.2, 0.25) is 0 Å². The van der Waals surface area contributed by atoms with Gasteiger partial charge in [0.15, 0.2) is 6.10 Å². The summed E-state index contributed by atoms with van der Waals surface area (Å²) in [5.74, 6) is -2.09. The number of fused-ring (bicyclic) bond motifs is 1. The molecule has 2 atom stereocenters. The fourth-order valence-corrected chi connectivity index (χ4v) is 5.10. The number of aliphatic hydroxyl groups is 1. The van der Waals surface area contributed by atoms with Crippen LogP contribution < -0.4 is 5.32 Å². The summed E-state index contributed by atoms with van der Waals surface area (Å²) in [7, 11) is 0. The summed E-state index contributed by atoms with van der Waals surface area (Å²) in [5, 5.41) is 25.5. The molecule has 3 N–H and O–H groups in total. The number of carbonyl (C=O) groups excluding carboxylic acids is 2. The van der Waals surface area contributed by atoms with Crippen LogP contribution in [0.4, 0.5) is 4.79 Å². The summed E-state index contributed by atoms with van der Waals surface area (Å²) in [6, 6.07) is 37.9. The number of carboxylic acid groups (broad SMARTS) is 1. The van der Waals surface area contributed by atoms with Gasteiger partial charge in [-0.2, -0.15) is 0 Å². The van der Waals surface area contributed by atoms with E-state index in [-0.39, 0.29) is 26.1 Å². The standard InChI is InChI=1S/C37H34N2O6/c40-34(36(43)45-25-28-12-5-2-6-13-28)24-39(23-27-10-3-1-4-11-27)37(44)38-33(35(41)42)22-26-18-20-30(21-19-26)32-17-9-15-29-14-7-8-16-31(29)32/h1-21,33-34,40H,22-25H2,(H,38,44)(H,41,42)/t33-,34?/m0/s1. The number of nitrogens with zero attached hydrogens (tertiary/aromatic N) is 1. The second-order valence-electron chi connectivity index (χ2n) is 10.7. The molecule has 5 aromatic carbocycles. The minimum atomic E-state index is -1.63. The van der Waals surface area contributed by atoms with Crippen LogP contribution in [0.5, 0.6) is 0 Å². The average Bonchev–Trinajstić information content (AvgIpc) is 3.07. The zero-order valence-corrected chi connectivity index (χ0v) is 24.6. The topological polar surface area (TPSA) is 116 Å². The maximum Gasteiger partial charge on any atom is 0.337 e. The summed E-state index contributed by atoms with van der Waals surface area (Å²) in [6.45, 7) is -0.371. The molecule has 228 valence electrons. The third-order valence-corrected chi connectivity index (χ3v) is 7.48. The molecule has 0 spiro atoms. The zero-order valence-electron chi connectivity index (χ0n) is 24.6. The van der Waals surface area contributed by atoms with Crippen LogP contribution in [0.25, 0.3) is 21.9 Å². The van der Waals surface area contributed by atoms with E-state index >= 15 is 0 Å². The van der Waals surface area contributed by atoms with Crippen molar-refractivity contribution in [2.75, 3.05) is 6.54 Å². The van der Waals surface area contributed by atoms with E-state index in [9.17, 15) is 24.6 Å². The van der Waals surface area contributed by atoms with E-state index in [1.165, 1.54) is 4.90 Å². The van der Waals surface area contributed by atoms with Crippen molar-refractivity contribution in [1.82, 2.24) is 10.2 Å². The van der Waals surface area contributed by atoms with Crippen molar-refractivity contribution in [3.63, 3.8) is 0 Å². The Bertz CT molecular complexity index is 1740. The van der Waals surface area contributed by atoms with Crippen LogP contribution in [0.15, 0.2) is 127 Å². The smallest absolute Gasteiger partial charge is 0.337 e. The minimum absolute atomic E-state index is 0.0258. The number of hydrogen-bond donors (Lipinski definition) is 3. The Balaban J connectivity index is 1.27. The number of carbonyl (C=O) groups is 3. The minimum Gasteiger partial charge on any atom is -0.480 e. The number of ether oxygens (including phenoxy) is 1. The highest BCUT2D eigenvalue weighted by molar-refractivity contribution is 5.96. The van der Waals surface area contributed by atoms with E-state index in [4.69, 9.17) is 4.74 Å². The molecule has 8 heteroatoms. The Morgan fingerprint density at radius 3 is 2.02 bits per heavy atom. The van der Waals surface area contributed by atoms with Crippen molar-refractivity contribution in [3.05, 3.63) is 144 Å². The molecule has 45 heavy (non-hydrogen) atoms. The predicted molar refractivity (Wildman–Crippen MR) is 172 cm³/mol. The first-order chi connectivity index (χ1) is 21.9. The van der Waals surface area contributed by atoms with Gasteiger partial charge in [0.05, 0.1) is 6.54 Å². The number of carboxylic acids is 1. The molecule has 1 unspecified atom stereocenters. The van der Waals surface area contributed by atoms with Gasteiger partial charge in [-0.15, -0.1) is 0 Å². The molecule has 0 bridgehead atoms. The molecule has 0 radical (unpaired) electrons. The Morgan fingerprint density at radius 1 is 0.711 bits per heavy atom. The van der Waals surface area contributed by atoms with Crippen LogP contribution in [-0.2, 0) is 33.9 Å². The molecular formula is C37H34N2O6. The first-order valence-electron chi connectivity index (χ1n) is 14.7. The molecule has 0 aliphatic carbocycles. The van der Waals surface area contributed by atoms with Crippen molar-refractivity contribution in [2.45, 2.75) is 31.7 Å². The lowest BCUT2D eigenvalue weighted by Crippen LogP contribution is -2.51. The van der Waals surface area contributed by atoms with Crippen LogP contribution >= 0.6 is 0 Å². The lowest BCUT2D eigenvalue weighted by Gasteiger charge is -2.27. The van der Waals surface area contributed by atoms with E-state index in [0.29, 0.717) is 0 Å². The van der Waals surface area contributed by atoms with Gasteiger partial charge in [-0.1, -0.05) is 127 Å².